The van der Waals surface area contributed by atoms with E-state index in [0.717, 1.165) is 8.61 Å². The van der Waals surface area contributed by atoms with E-state index in [-0.39, 0.29) is 12.6 Å². The number of rotatable bonds is 6. The smallest absolute Gasteiger partial charge is 0.321 e. The van der Waals surface area contributed by atoms with Crippen molar-refractivity contribution < 1.29 is 17.9 Å². The van der Waals surface area contributed by atoms with Gasteiger partial charge in [-0.25, -0.2) is 0 Å². The van der Waals surface area contributed by atoms with Crippen LogP contribution < -0.4 is 0 Å². The Bertz CT molecular complexity index is 326. The predicted molar refractivity (Wildman–Crippen MR) is 61.1 cm³/mol. The number of carbonyl (C=O) groups is 1. The zero-order valence-corrected chi connectivity index (χ0v) is 11.2. The molecule has 0 aromatic heterocycles. The average molecular weight is 252 g/mol. The number of esters is 1. The largest absolute Gasteiger partial charge is 0.468 e. The zero-order chi connectivity index (χ0) is 12.9. The second-order valence-corrected chi connectivity index (χ2v) is 5.76. The van der Waals surface area contributed by atoms with Crippen molar-refractivity contribution in [1.82, 2.24) is 8.61 Å². The van der Waals surface area contributed by atoms with Gasteiger partial charge < -0.3 is 4.74 Å². The highest BCUT2D eigenvalue weighted by Gasteiger charge is 2.30. The van der Waals surface area contributed by atoms with Crippen LogP contribution in [0.15, 0.2) is 0 Å². The van der Waals surface area contributed by atoms with E-state index in [9.17, 15) is 13.2 Å². The molecule has 0 amide bonds. The van der Waals surface area contributed by atoms with Crippen molar-refractivity contribution >= 4 is 16.2 Å². The molecule has 0 heterocycles. The van der Waals surface area contributed by atoms with E-state index >= 15 is 0 Å². The van der Waals surface area contributed by atoms with E-state index in [0.29, 0.717) is 6.42 Å². The number of methoxy groups -OCH3 is 1. The molecule has 0 unspecified atom stereocenters. The Kier molecular flexibility index (Phi) is 5.91. The first kappa shape index (κ1) is 15.3. The molecular weight excluding hydrogens is 232 g/mol. The highest BCUT2D eigenvalue weighted by molar-refractivity contribution is 7.86. The Morgan fingerprint density at radius 2 is 1.88 bits per heavy atom. The molecule has 7 heteroatoms. The number of hydrogen-bond donors (Lipinski definition) is 0. The monoisotopic (exact) mass is 252 g/mol. The van der Waals surface area contributed by atoms with Crippen molar-refractivity contribution in [3.63, 3.8) is 0 Å². The lowest BCUT2D eigenvalue weighted by molar-refractivity contribution is -0.141. The third-order valence-electron chi connectivity index (χ3n) is 2.35. The minimum atomic E-state index is -3.59. The number of nitrogens with zero attached hydrogens (tertiary/aromatic N) is 2. The first-order valence-corrected chi connectivity index (χ1v) is 6.43. The SMILES string of the molecule is CC[C@H](C)N(CC(=O)OC)S(=O)(=O)N(C)C. The van der Waals surface area contributed by atoms with Crippen LogP contribution >= 0.6 is 0 Å². The maximum atomic E-state index is 11.9. The standard InChI is InChI=1S/C9H20N2O4S/c1-6-8(2)11(7-9(12)15-5)16(13,14)10(3)4/h8H,6-7H2,1-5H3/t8-/m0/s1. The van der Waals surface area contributed by atoms with Crippen molar-refractivity contribution in [2.75, 3.05) is 27.7 Å². The van der Waals surface area contributed by atoms with Crippen molar-refractivity contribution in [3.05, 3.63) is 0 Å². The van der Waals surface area contributed by atoms with Crippen LogP contribution in [0.5, 0.6) is 0 Å². The van der Waals surface area contributed by atoms with Crippen molar-refractivity contribution in [1.29, 1.82) is 0 Å². The molecule has 0 spiro atoms. The molecule has 0 aliphatic heterocycles. The molecule has 0 saturated heterocycles. The van der Waals surface area contributed by atoms with Gasteiger partial charge >= 0.3 is 5.97 Å². The van der Waals surface area contributed by atoms with Crippen LogP contribution in [0.25, 0.3) is 0 Å². The number of hydrogen-bond acceptors (Lipinski definition) is 4. The zero-order valence-electron chi connectivity index (χ0n) is 10.4. The topological polar surface area (TPSA) is 66.9 Å². The van der Waals surface area contributed by atoms with Crippen molar-refractivity contribution in [2.45, 2.75) is 26.3 Å². The van der Waals surface area contributed by atoms with Gasteiger partial charge in [0.25, 0.3) is 10.2 Å². The van der Waals surface area contributed by atoms with Gasteiger partial charge in [0.1, 0.15) is 6.54 Å². The first-order valence-electron chi connectivity index (χ1n) is 5.03. The van der Waals surface area contributed by atoms with Crippen molar-refractivity contribution in [3.8, 4) is 0 Å². The van der Waals surface area contributed by atoms with Gasteiger partial charge in [-0.3, -0.25) is 4.79 Å². The third kappa shape index (κ3) is 3.73. The molecule has 96 valence electrons. The van der Waals surface area contributed by atoms with Crippen LogP contribution in [0, 0.1) is 0 Å². The normalized spacial score (nSPS) is 14.2. The van der Waals surface area contributed by atoms with Crippen LogP contribution in [-0.4, -0.2) is 56.8 Å². The van der Waals surface area contributed by atoms with Crippen LogP contribution in [0.2, 0.25) is 0 Å². The third-order valence-corrected chi connectivity index (χ3v) is 4.36. The molecule has 1 atom stereocenters. The summed E-state index contributed by atoms with van der Waals surface area (Å²) in [5, 5.41) is 0. The van der Waals surface area contributed by atoms with Crippen molar-refractivity contribution in [2.24, 2.45) is 0 Å². The van der Waals surface area contributed by atoms with Gasteiger partial charge in [0.15, 0.2) is 0 Å². The predicted octanol–water partition coefficient (Wildman–Crippen LogP) is 0.0663. The lowest BCUT2D eigenvalue weighted by atomic mass is 10.2. The van der Waals surface area contributed by atoms with E-state index in [2.05, 4.69) is 4.74 Å². The van der Waals surface area contributed by atoms with E-state index in [1.54, 1.807) is 6.92 Å². The van der Waals surface area contributed by atoms with Crippen LogP contribution in [-0.2, 0) is 19.7 Å². The summed E-state index contributed by atoms with van der Waals surface area (Å²) in [5.41, 5.74) is 0. The second kappa shape index (κ2) is 6.17. The summed E-state index contributed by atoms with van der Waals surface area (Å²) >= 11 is 0. The molecule has 0 aliphatic rings. The molecule has 0 bridgehead atoms. The second-order valence-electron chi connectivity index (χ2n) is 3.67. The Labute approximate surface area is 97.3 Å². The molecule has 0 radical (unpaired) electrons. The number of ether oxygens (including phenoxy) is 1. The van der Waals surface area contributed by atoms with Crippen LogP contribution in [0.1, 0.15) is 20.3 Å². The molecule has 0 N–H and O–H groups in total. The highest BCUT2D eigenvalue weighted by atomic mass is 32.2. The number of carbonyl (C=O) groups excluding carboxylic acids is 1. The summed E-state index contributed by atoms with van der Waals surface area (Å²) in [6.07, 6.45) is 0.629. The lowest BCUT2D eigenvalue weighted by Gasteiger charge is -2.29. The Hall–Kier alpha value is -0.660. The van der Waals surface area contributed by atoms with E-state index < -0.39 is 16.2 Å². The quantitative estimate of drug-likeness (QED) is 0.627. The van der Waals surface area contributed by atoms with Gasteiger partial charge in [-0.1, -0.05) is 6.92 Å². The molecular formula is C9H20N2O4S. The lowest BCUT2D eigenvalue weighted by Crippen LogP contribution is -2.47. The minimum absolute atomic E-state index is 0.244. The Balaban J connectivity index is 5.03. The molecule has 0 aromatic carbocycles. The molecule has 0 saturated carbocycles. The molecule has 6 nitrogen and oxygen atoms in total. The summed E-state index contributed by atoms with van der Waals surface area (Å²) in [4.78, 5) is 11.2. The van der Waals surface area contributed by atoms with E-state index in [1.165, 1.54) is 21.2 Å². The summed E-state index contributed by atoms with van der Waals surface area (Å²) in [5.74, 6) is -0.564. The van der Waals surface area contributed by atoms with Gasteiger partial charge in [0.2, 0.25) is 0 Å². The molecule has 0 rings (SSSR count). The van der Waals surface area contributed by atoms with E-state index in [4.69, 9.17) is 0 Å². The first-order chi connectivity index (χ1) is 7.27. The Morgan fingerprint density at radius 3 is 2.19 bits per heavy atom. The maximum Gasteiger partial charge on any atom is 0.321 e. The Morgan fingerprint density at radius 1 is 1.38 bits per heavy atom. The van der Waals surface area contributed by atoms with Crippen LogP contribution in [0.3, 0.4) is 0 Å². The summed E-state index contributed by atoms with van der Waals surface area (Å²) in [6.45, 7) is 3.36. The summed E-state index contributed by atoms with van der Waals surface area (Å²) in [6, 6.07) is -0.244. The fraction of sp³-hybridized carbons (Fsp3) is 0.889. The van der Waals surface area contributed by atoms with Gasteiger partial charge in [0, 0.05) is 20.1 Å². The summed E-state index contributed by atoms with van der Waals surface area (Å²) < 4.78 is 30.6. The van der Waals surface area contributed by atoms with Gasteiger partial charge in [0.05, 0.1) is 7.11 Å². The molecule has 0 aromatic rings. The van der Waals surface area contributed by atoms with Gasteiger partial charge in [-0.2, -0.15) is 17.0 Å². The molecule has 16 heavy (non-hydrogen) atoms. The van der Waals surface area contributed by atoms with Gasteiger partial charge in [-0.15, -0.1) is 0 Å². The fourth-order valence-electron chi connectivity index (χ4n) is 1.07. The summed E-state index contributed by atoms with van der Waals surface area (Å²) in [7, 11) is 0.511. The van der Waals surface area contributed by atoms with E-state index in [1.807, 2.05) is 6.92 Å². The minimum Gasteiger partial charge on any atom is -0.468 e. The van der Waals surface area contributed by atoms with Crippen LogP contribution in [0.4, 0.5) is 0 Å². The van der Waals surface area contributed by atoms with Gasteiger partial charge in [-0.05, 0) is 13.3 Å². The molecule has 0 aliphatic carbocycles. The molecule has 0 fully saturated rings. The average Bonchev–Trinajstić information content (AvgIpc) is 2.23. The maximum absolute atomic E-state index is 11.9. The fourth-order valence-corrected chi connectivity index (χ4v) is 2.36. The highest BCUT2D eigenvalue weighted by Crippen LogP contribution is 2.12.